The molecule has 0 heterocycles. The maximum absolute atomic E-state index is 12.0. The van der Waals surface area contributed by atoms with E-state index in [9.17, 15) is 22.8 Å². The summed E-state index contributed by atoms with van der Waals surface area (Å²) in [7, 11) is 0. The van der Waals surface area contributed by atoms with Gasteiger partial charge in [-0.15, -0.1) is 0 Å². The van der Waals surface area contributed by atoms with E-state index in [0.29, 0.717) is 10.6 Å². The van der Waals surface area contributed by atoms with Crippen LogP contribution in [0.2, 0.25) is 5.02 Å². The summed E-state index contributed by atoms with van der Waals surface area (Å²) in [6.45, 7) is 1.88. The smallest absolute Gasteiger partial charge is 0.455 e. The van der Waals surface area contributed by atoms with E-state index in [-0.39, 0.29) is 18.5 Å². The third-order valence-corrected chi connectivity index (χ3v) is 2.68. The third kappa shape index (κ3) is 6.52. The molecule has 0 fully saturated rings. The monoisotopic (exact) mass is 348 g/mol. The van der Waals surface area contributed by atoms with Gasteiger partial charge in [-0.2, -0.15) is 18.3 Å². The van der Waals surface area contributed by atoms with Crippen molar-refractivity contribution in [3.05, 3.63) is 34.9 Å². The normalized spacial score (nSPS) is 11.9. The van der Waals surface area contributed by atoms with E-state index in [0.717, 1.165) is 6.08 Å². The maximum Gasteiger partial charge on any atom is 0.455 e. The summed E-state index contributed by atoms with van der Waals surface area (Å²) in [6, 6.07) is 4.34. The van der Waals surface area contributed by atoms with Crippen molar-refractivity contribution in [2.24, 2.45) is 5.10 Å². The van der Waals surface area contributed by atoms with E-state index in [1.807, 2.05) is 0 Å². The van der Waals surface area contributed by atoms with Crippen LogP contribution in [0.15, 0.2) is 29.4 Å². The number of ketones is 1. The van der Waals surface area contributed by atoms with E-state index < -0.39 is 17.9 Å². The lowest BCUT2D eigenvalue weighted by molar-refractivity contribution is -0.162. The zero-order valence-electron chi connectivity index (χ0n) is 11.9. The number of nitrogens with one attached hydrogen (secondary N) is 1. The second-order valence-electron chi connectivity index (χ2n) is 4.05. The summed E-state index contributed by atoms with van der Waals surface area (Å²) in [6.07, 6.45) is -2.30. The van der Waals surface area contributed by atoms with Crippen molar-refractivity contribution in [3.63, 3.8) is 0 Å². The number of rotatable bonds is 6. The molecule has 1 rings (SSSR count). The number of carbonyl (C=O) groups excluding carboxylic acids is 2. The molecule has 1 N–H and O–H groups in total. The van der Waals surface area contributed by atoms with Crippen LogP contribution >= 0.6 is 11.6 Å². The molecule has 9 heteroatoms. The van der Waals surface area contributed by atoms with Crippen molar-refractivity contribution in [3.8, 4) is 0 Å². The van der Waals surface area contributed by atoms with Crippen LogP contribution in [0.5, 0.6) is 0 Å². The van der Waals surface area contributed by atoms with E-state index in [1.165, 1.54) is 24.3 Å². The molecule has 0 aliphatic rings. The van der Waals surface area contributed by atoms with Gasteiger partial charge in [0.2, 0.25) is 0 Å². The minimum Gasteiger partial charge on any atom is -0.463 e. The summed E-state index contributed by atoms with van der Waals surface area (Å²) in [4.78, 5) is 21.8. The molecule has 124 valence electrons. The molecule has 1 aromatic rings. The Labute approximate surface area is 134 Å². The van der Waals surface area contributed by atoms with Crippen molar-refractivity contribution in [1.82, 2.24) is 0 Å². The second kappa shape index (κ2) is 8.33. The second-order valence-corrected chi connectivity index (χ2v) is 4.46. The Morgan fingerprint density at radius 1 is 1.39 bits per heavy atom. The summed E-state index contributed by atoms with van der Waals surface area (Å²) >= 11 is 5.93. The molecule has 23 heavy (non-hydrogen) atoms. The van der Waals surface area contributed by atoms with Gasteiger partial charge >= 0.3 is 12.1 Å². The number of esters is 1. The number of anilines is 1. The predicted molar refractivity (Wildman–Crippen MR) is 80.3 cm³/mol. The minimum atomic E-state index is -4.97. The van der Waals surface area contributed by atoms with Gasteiger partial charge in [0.15, 0.2) is 0 Å². The van der Waals surface area contributed by atoms with Crippen molar-refractivity contribution >= 4 is 41.3 Å². The first-order valence-electron chi connectivity index (χ1n) is 6.28. The zero-order chi connectivity index (χ0) is 17.5. The molecule has 0 spiro atoms. The van der Waals surface area contributed by atoms with Gasteiger partial charge in [0.1, 0.15) is 0 Å². The van der Waals surface area contributed by atoms with Crippen LogP contribution in [0.25, 0.3) is 6.08 Å². The SMILES string of the molecule is CCOC(=O)/C=C/c1cc(N/N=C/C(=O)C(F)(F)F)ccc1Cl. The number of alkyl halides is 3. The lowest BCUT2D eigenvalue weighted by atomic mass is 10.2. The number of halogens is 4. The summed E-state index contributed by atoms with van der Waals surface area (Å²) < 4.78 is 40.7. The van der Waals surface area contributed by atoms with Crippen LogP contribution in [-0.2, 0) is 14.3 Å². The van der Waals surface area contributed by atoms with Crippen LogP contribution < -0.4 is 5.43 Å². The Hall–Kier alpha value is -2.35. The van der Waals surface area contributed by atoms with E-state index >= 15 is 0 Å². The molecule has 0 bridgehead atoms. The molecule has 0 amide bonds. The largest absolute Gasteiger partial charge is 0.463 e. The van der Waals surface area contributed by atoms with E-state index in [4.69, 9.17) is 16.3 Å². The third-order valence-electron chi connectivity index (χ3n) is 2.34. The Bertz CT molecular complexity index is 643. The molecule has 1 aromatic carbocycles. The van der Waals surface area contributed by atoms with Gasteiger partial charge in [-0.25, -0.2) is 4.79 Å². The highest BCUT2D eigenvalue weighted by molar-refractivity contribution is 6.32. The maximum atomic E-state index is 12.0. The molecule has 0 aliphatic carbocycles. The fourth-order valence-electron chi connectivity index (χ4n) is 1.33. The average molecular weight is 349 g/mol. The summed E-state index contributed by atoms with van der Waals surface area (Å²) in [5.74, 6) is -2.64. The van der Waals surface area contributed by atoms with E-state index in [1.54, 1.807) is 6.92 Å². The van der Waals surface area contributed by atoms with Crippen LogP contribution in [-0.4, -0.2) is 30.8 Å². The number of ether oxygens (including phenoxy) is 1. The number of hydrogen-bond acceptors (Lipinski definition) is 5. The highest BCUT2D eigenvalue weighted by atomic mass is 35.5. The van der Waals surface area contributed by atoms with Crippen LogP contribution in [0.1, 0.15) is 12.5 Å². The molecular formula is C14H12ClF3N2O3. The first-order valence-corrected chi connectivity index (χ1v) is 6.66. The Morgan fingerprint density at radius 2 is 2.09 bits per heavy atom. The van der Waals surface area contributed by atoms with Gasteiger partial charge in [-0.3, -0.25) is 10.2 Å². The highest BCUT2D eigenvalue weighted by Gasteiger charge is 2.36. The van der Waals surface area contributed by atoms with E-state index in [2.05, 4.69) is 10.5 Å². The zero-order valence-corrected chi connectivity index (χ0v) is 12.6. The fraction of sp³-hybridized carbons (Fsp3) is 0.214. The molecule has 0 unspecified atom stereocenters. The number of benzene rings is 1. The number of carbonyl (C=O) groups is 2. The topological polar surface area (TPSA) is 67.8 Å². The van der Waals surface area contributed by atoms with Gasteiger partial charge in [-0.1, -0.05) is 11.6 Å². The molecular weight excluding hydrogens is 337 g/mol. The molecule has 0 aliphatic heterocycles. The highest BCUT2D eigenvalue weighted by Crippen LogP contribution is 2.22. The molecule has 0 radical (unpaired) electrons. The Balaban J connectivity index is 2.79. The molecule has 5 nitrogen and oxygen atoms in total. The van der Waals surface area contributed by atoms with Gasteiger partial charge in [0, 0.05) is 11.1 Å². The van der Waals surface area contributed by atoms with Crippen LogP contribution in [0.3, 0.4) is 0 Å². The average Bonchev–Trinajstić information content (AvgIpc) is 2.46. The summed E-state index contributed by atoms with van der Waals surface area (Å²) in [5, 5.41) is 3.51. The fourth-order valence-corrected chi connectivity index (χ4v) is 1.51. The molecule has 0 saturated carbocycles. The first-order chi connectivity index (χ1) is 10.7. The van der Waals surface area contributed by atoms with Gasteiger partial charge in [0.05, 0.1) is 18.5 Å². The number of hydrogen-bond donors (Lipinski definition) is 1. The van der Waals surface area contributed by atoms with Crippen molar-refractivity contribution < 1.29 is 27.5 Å². The van der Waals surface area contributed by atoms with Crippen molar-refractivity contribution in [2.45, 2.75) is 13.1 Å². The number of Topliss-reactive ketones (excluding diaryl/α,β-unsaturated/α-hetero) is 1. The molecule has 0 aromatic heterocycles. The Morgan fingerprint density at radius 3 is 2.70 bits per heavy atom. The standard InChI is InChI=1S/C14H12ClF3N2O3/c1-2-23-13(22)6-3-9-7-10(4-5-11(9)15)20-19-8-12(21)14(16,17)18/h3-8,20H,2H2,1H3/b6-3+,19-8+. The van der Waals surface area contributed by atoms with Crippen molar-refractivity contribution in [2.75, 3.05) is 12.0 Å². The number of nitrogens with zero attached hydrogens (tertiary/aromatic N) is 1. The lowest BCUT2D eigenvalue weighted by Gasteiger charge is -2.04. The molecule has 0 atom stereocenters. The van der Waals surface area contributed by atoms with Gasteiger partial charge in [-0.05, 0) is 36.8 Å². The predicted octanol–water partition coefficient (Wildman–Crippen LogP) is 3.45. The Kier molecular flexibility index (Phi) is 6.77. The van der Waals surface area contributed by atoms with Gasteiger partial charge in [0.25, 0.3) is 5.78 Å². The van der Waals surface area contributed by atoms with Gasteiger partial charge < -0.3 is 4.74 Å². The first kappa shape index (κ1) is 18.7. The summed E-state index contributed by atoms with van der Waals surface area (Å²) in [5.41, 5.74) is 2.97. The minimum absolute atomic E-state index is 0.128. The van der Waals surface area contributed by atoms with Crippen molar-refractivity contribution in [1.29, 1.82) is 0 Å². The van der Waals surface area contributed by atoms with Crippen LogP contribution in [0.4, 0.5) is 18.9 Å². The number of hydrazone groups is 1. The lowest BCUT2D eigenvalue weighted by Crippen LogP contribution is -2.23. The van der Waals surface area contributed by atoms with Crippen LogP contribution in [0, 0.1) is 0 Å². The molecule has 0 saturated heterocycles. The quantitative estimate of drug-likeness (QED) is 0.370.